The number of nitrogens with one attached hydrogen (secondary N) is 2. The van der Waals surface area contributed by atoms with Gasteiger partial charge in [-0.2, -0.15) is 4.31 Å². The summed E-state index contributed by atoms with van der Waals surface area (Å²) in [4.78, 5) is 12.6. The lowest BCUT2D eigenvalue weighted by Gasteiger charge is -2.22. The van der Waals surface area contributed by atoms with Crippen molar-refractivity contribution >= 4 is 21.6 Å². The standard InChI is InChI=1S/C22H31N3O3S/c1-5-25(6-2)29(27,28)20-14-12-19(13-15-20)24-21(26)16-23-22(17(3)4)18-10-8-7-9-11-18/h7-15,17,22-23H,5-6,16H2,1-4H3,(H,24,26)/t22-/m1/s1. The number of carbonyl (C=O) groups is 1. The molecule has 0 aliphatic heterocycles. The van der Waals surface area contributed by atoms with Gasteiger partial charge in [-0.05, 0) is 35.7 Å². The summed E-state index contributed by atoms with van der Waals surface area (Å²) in [6.07, 6.45) is 0. The van der Waals surface area contributed by atoms with Gasteiger partial charge in [-0.1, -0.05) is 58.0 Å². The Balaban J connectivity index is 1.99. The van der Waals surface area contributed by atoms with Crippen LogP contribution >= 0.6 is 0 Å². The number of nitrogens with zero attached hydrogens (tertiary/aromatic N) is 1. The van der Waals surface area contributed by atoms with Gasteiger partial charge in [-0.25, -0.2) is 8.42 Å². The second-order valence-electron chi connectivity index (χ2n) is 7.18. The van der Waals surface area contributed by atoms with Gasteiger partial charge in [0.25, 0.3) is 0 Å². The van der Waals surface area contributed by atoms with Crippen molar-refractivity contribution in [1.29, 1.82) is 0 Å². The Bertz CT molecular complexity index is 877. The van der Waals surface area contributed by atoms with Crippen LogP contribution in [0.4, 0.5) is 5.69 Å². The molecule has 0 fully saturated rings. The molecular weight excluding hydrogens is 386 g/mol. The van der Waals surface area contributed by atoms with Gasteiger partial charge >= 0.3 is 0 Å². The lowest BCUT2D eigenvalue weighted by molar-refractivity contribution is -0.115. The second-order valence-corrected chi connectivity index (χ2v) is 9.11. The quantitative estimate of drug-likeness (QED) is 0.619. The third kappa shape index (κ3) is 6.13. The fourth-order valence-corrected chi connectivity index (χ4v) is 4.69. The summed E-state index contributed by atoms with van der Waals surface area (Å²) in [5.74, 6) is 0.153. The number of carbonyl (C=O) groups excluding carboxylic acids is 1. The maximum atomic E-state index is 12.5. The van der Waals surface area contributed by atoms with Crippen LogP contribution in [-0.2, 0) is 14.8 Å². The van der Waals surface area contributed by atoms with E-state index in [-0.39, 0.29) is 23.4 Å². The lowest BCUT2D eigenvalue weighted by atomic mass is 9.96. The largest absolute Gasteiger partial charge is 0.325 e. The molecule has 0 heterocycles. The monoisotopic (exact) mass is 417 g/mol. The third-order valence-electron chi connectivity index (χ3n) is 4.79. The van der Waals surface area contributed by atoms with E-state index in [1.807, 2.05) is 44.2 Å². The Morgan fingerprint density at radius 3 is 2.07 bits per heavy atom. The molecule has 0 aromatic heterocycles. The number of hydrogen-bond acceptors (Lipinski definition) is 4. The summed E-state index contributed by atoms with van der Waals surface area (Å²) in [5.41, 5.74) is 1.71. The first-order valence-electron chi connectivity index (χ1n) is 9.98. The van der Waals surface area contributed by atoms with Crippen molar-refractivity contribution in [3.63, 3.8) is 0 Å². The van der Waals surface area contributed by atoms with Crippen molar-refractivity contribution in [3.05, 3.63) is 60.2 Å². The first-order valence-corrected chi connectivity index (χ1v) is 11.4. The number of benzene rings is 2. The summed E-state index contributed by atoms with van der Waals surface area (Å²) >= 11 is 0. The molecule has 2 aromatic carbocycles. The summed E-state index contributed by atoms with van der Waals surface area (Å²) in [5, 5.41) is 6.12. The SMILES string of the molecule is CCN(CC)S(=O)(=O)c1ccc(NC(=O)CN[C@@H](c2ccccc2)C(C)C)cc1. The summed E-state index contributed by atoms with van der Waals surface area (Å²) in [6, 6.07) is 16.4. The van der Waals surface area contributed by atoms with Gasteiger partial charge in [-0.3, -0.25) is 4.79 Å². The van der Waals surface area contributed by atoms with Gasteiger partial charge in [0.1, 0.15) is 0 Å². The molecule has 1 atom stereocenters. The molecule has 6 nitrogen and oxygen atoms in total. The minimum absolute atomic E-state index is 0.0727. The topological polar surface area (TPSA) is 78.5 Å². The van der Waals surface area contributed by atoms with Crippen LogP contribution in [0.5, 0.6) is 0 Å². The number of amides is 1. The molecule has 29 heavy (non-hydrogen) atoms. The predicted molar refractivity (Wildman–Crippen MR) is 117 cm³/mol. The highest BCUT2D eigenvalue weighted by atomic mass is 32.2. The minimum Gasteiger partial charge on any atom is -0.325 e. The molecule has 0 saturated heterocycles. The van der Waals surface area contributed by atoms with Gasteiger partial charge in [0.05, 0.1) is 11.4 Å². The van der Waals surface area contributed by atoms with Gasteiger partial charge < -0.3 is 10.6 Å². The van der Waals surface area contributed by atoms with E-state index in [4.69, 9.17) is 0 Å². The Hall–Kier alpha value is -2.22. The zero-order valence-electron chi connectivity index (χ0n) is 17.6. The highest BCUT2D eigenvalue weighted by Gasteiger charge is 2.21. The molecule has 2 aromatic rings. The fraction of sp³-hybridized carbons (Fsp3) is 0.409. The van der Waals surface area contributed by atoms with E-state index in [0.29, 0.717) is 24.7 Å². The van der Waals surface area contributed by atoms with Crippen LogP contribution in [0, 0.1) is 5.92 Å². The molecular formula is C22H31N3O3S. The van der Waals surface area contributed by atoms with Crippen LogP contribution < -0.4 is 10.6 Å². The van der Waals surface area contributed by atoms with Crippen molar-refractivity contribution in [2.75, 3.05) is 25.0 Å². The molecule has 0 bridgehead atoms. The van der Waals surface area contributed by atoms with Crippen molar-refractivity contribution < 1.29 is 13.2 Å². The van der Waals surface area contributed by atoms with Gasteiger partial charge in [0.15, 0.2) is 0 Å². The van der Waals surface area contributed by atoms with E-state index in [1.165, 1.54) is 16.4 Å². The fourth-order valence-electron chi connectivity index (χ4n) is 3.23. The average molecular weight is 418 g/mol. The molecule has 158 valence electrons. The first kappa shape index (κ1) is 23.1. The van der Waals surface area contributed by atoms with Crippen molar-refractivity contribution in [3.8, 4) is 0 Å². The van der Waals surface area contributed by atoms with Crippen LogP contribution in [0.2, 0.25) is 0 Å². The maximum Gasteiger partial charge on any atom is 0.243 e. The van der Waals surface area contributed by atoms with E-state index >= 15 is 0 Å². The summed E-state index contributed by atoms with van der Waals surface area (Å²) in [6.45, 7) is 8.83. The molecule has 1 amide bonds. The molecule has 0 saturated carbocycles. The predicted octanol–water partition coefficient (Wildman–Crippen LogP) is 3.64. The molecule has 0 aliphatic rings. The van der Waals surface area contributed by atoms with Crippen molar-refractivity contribution in [2.24, 2.45) is 5.92 Å². The molecule has 2 N–H and O–H groups in total. The van der Waals surface area contributed by atoms with E-state index in [9.17, 15) is 13.2 Å². The third-order valence-corrected chi connectivity index (χ3v) is 6.85. The Kier molecular flexibility index (Phi) is 8.37. The van der Waals surface area contributed by atoms with E-state index < -0.39 is 10.0 Å². The normalized spacial score (nSPS) is 12.9. The lowest BCUT2D eigenvalue weighted by Crippen LogP contribution is -2.33. The molecule has 7 heteroatoms. The Labute approximate surface area is 174 Å². The number of anilines is 1. The van der Waals surface area contributed by atoms with Gasteiger partial charge in [-0.15, -0.1) is 0 Å². The van der Waals surface area contributed by atoms with Crippen LogP contribution in [0.1, 0.15) is 39.3 Å². The Morgan fingerprint density at radius 2 is 1.55 bits per heavy atom. The van der Waals surface area contributed by atoms with Crippen molar-refractivity contribution in [2.45, 2.75) is 38.6 Å². The van der Waals surface area contributed by atoms with Crippen LogP contribution in [0.25, 0.3) is 0 Å². The number of rotatable bonds is 10. The molecule has 2 rings (SSSR count). The number of hydrogen-bond donors (Lipinski definition) is 2. The van der Waals surface area contributed by atoms with E-state index in [1.54, 1.807) is 12.1 Å². The molecule has 0 unspecified atom stereocenters. The van der Waals surface area contributed by atoms with E-state index in [0.717, 1.165) is 5.56 Å². The first-order chi connectivity index (χ1) is 13.8. The minimum atomic E-state index is -3.50. The summed E-state index contributed by atoms with van der Waals surface area (Å²) in [7, 11) is -3.50. The van der Waals surface area contributed by atoms with Gasteiger partial charge in [0, 0.05) is 24.8 Å². The number of sulfonamides is 1. The highest BCUT2D eigenvalue weighted by Crippen LogP contribution is 2.21. The van der Waals surface area contributed by atoms with Crippen LogP contribution in [-0.4, -0.2) is 38.3 Å². The van der Waals surface area contributed by atoms with E-state index in [2.05, 4.69) is 24.5 Å². The average Bonchev–Trinajstić information content (AvgIpc) is 2.70. The molecule has 0 radical (unpaired) electrons. The zero-order valence-corrected chi connectivity index (χ0v) is 18.4. The Morgan fingerprint density at radius 1 is 0.966 bits per heavy atom. The van der Waals surface area contributed by atoms with Crippen LogP contribution in [0.15, 0.2) is 59.5 Å². The molecule has 0 aliphatic carbocycles. The highest BCUT2D eigenvalue weighted by molar-refractivity contribution is 7.89. The van der Waals surface area contributed by atoms with Gasteiger partial charge in [0.2, 0.25) is 15.9 Å². The smallest absolute Gasteiger partial charge is 0.243 e. The second kappa shape index (κ2) is 10.5. The van der Waals surface area contributed by atoms with Crippen molar-refractivity contribution in [1.82, 2.24) is 9.62 Å². The van der Waals surface area contributed by atoms with Crippen LogP contribution in [0.3, 0.4) is 0 Å². The zero-order chi connectivity index (χ0) is 21.4. The maximum absolute atomic E-state index is 12.5. The molecule has 0 spiro atoms. The summed E-state index contributed by atoms with van der Waals surface area (Å²) < 4.78 is 26.5.